The largest absolute Gasteiger partial charge is 0.465 e. The van der Waals surface area contributed by atoms with E-state index in [4.69, 9.17) is 4.74 Å². The summed E-state index contributed by atoms with van der Waals surface area (Å²) in [7, 11) is 0. The van der Waals surface area contributed by atoms with Gasteiger partial charge in [0.25, 0.3) is 0 Å². The first-order valence-corrected chi connectivity index (χ1v) is 9.45. The van der Waals surface area contributed by atoms with E-state index in [9.17, 15) is 4.79 Å². The molecule has 3 rings (SSSR count). The normalized spacial score (nSPS) is 21.5. The highest BCUT2D eigenvalue weighted by atomic mass is 35.5. The lowest BCUT2D eigenvalue weighted by atomic mass is 9.80. The Morgan fingerprint density at radius 3 is 2.60 bits per heavy atom. The molecule has 1 aromatic carbocycles. The molecule has 4 heteroatoms. The molecule has 25 heavy (non-hydrogen) atoms. The van der Waals surface area contributed by atoms with Crippen molar-refractivity contribution in [2.75, 3.05) is 26.2 Å². The number of carbonyl (C=O) groups excluding carboxylic acids is 1. The summed E-state index contributed by atoms with van der Waals surface area (Å²) in [6.45, 7) is 3.99. The number of hydrogen-bond acceptors (Lipinski definition) is 3. The van der Waals surface area contributed by atoms with Crippen LogP contribution in [0.25, 0.3) is 0 Å². The van der Waals surface area contributed by atoms with Crippen LogP contribution >= 0.6 is 12.4 Å². The second kappa shape index (κ2) is 10.6. The SMILES string of the molecule is Cl.O=C(OCCCN1CCCC1)C(c1ccccc1)C1C=CCCC1. The summed E-state index contributed by atoms with van der Waals surface area (Å²) in [4.78, 5) is 15.2. The molecule has 0 radical (unpaired) electrons. The number of benzene rings is 1. The maximum atomic E-state index is 12.8. The van der Waals surface area contributed by atoms with E-state index in [1.807, 2.05) is 18.2 Å². The minimum atomic E-state index is -0.158. The van der Waals surface area contributed by atoms with Crippen LogP contribution in [-0.4, -0.2) is 37.1 Å². The van der Waals surface area contributed by atoms with Gasteiger partial charge in [-0.1, -0.05) is 42.5 Å². The summed E-state index contributed by atoms with van der Waals surface area (Å²) in [5.41, 5.74) is 1.08. The second-order valence-electron chi connectivity index (χ2n) is 6.98. The van der Waals surface area contributed by atoms with Gasteiger partial charge in [-0.15, -0.1) is 12.4 Å². The van der Waals surface area contributed by atoms with E-state index in [0.29, 0.717) is 6.61 Å². The van der Waals surface area contributed by atoms with Crippen molar-refractivity contribution >= 4 is 18.4 Å². The van der Waals surface area contributed by atoms with Gasteiger partial charge in [0.1, 0.15) is 0 Å². The monoisotopic (exact) mass is 363 g/mol. The molecule has 138 valence electrons. The molecule has 1 aromatic rings. The lowest BCUT2D eigenvalue weighted by Gasteiger charge is -2.26. The number of allylic oxidation sites excluding steroid dienone is 2. The van der Waals surface area contributed by atoms with Crippen molar-refractivity contribution in [1.82, 2.24) is 4.90 Å². The van der Waals surface area contributed by atoms with Crippen LogP contribution in [-0.2, 0) is 9.53 Å². The zero-order chi connectivity index (χ0) is 16.6. The first kappa shape index (κ1) is 20.0. The zero-order valence-corrected chi connectivity index (χ0v) is 15.8. The van der Waals surface area contributed by atoms with Gasteiger partial charge in [-0.25, -0.2) is 0 Å². The molecule has 0 N–H and O–H groups in total. The van der Waals surface area contributed by atoms with Gasteiger partial charge in [0.2, 0.25) is 0 Å². The third-order valence-corrected chi connectivity index (χ3v) is 5.19. The Labute approximate surface area is 157 Å². The smallest absolute Gasteiger partial charge is 0.314 e. The molecule has 0 saturated carbocycles. The van der Waals surface area contributed by atoms with E-state index >= 15 is 0 Å². The van der Waals surface area contributed by atoms with Crippen LogP contribution in [0.4, 0.5) is 0 Å². The Hall–Kier alpha value is -1.32. The molecule has 0 bridgehead atoms. The number of esters is 1. The van der Waals surface area contributed by atoms with Crippen LogP contribution in [0.2, 0.25) is 0 Å². The number of rotatable bonds is 7. The highest BCUT2D eigenvalue weighted by Gasteiger charge is 2.30. The quantitative estimate of drug-likeness (QED) is 0.403. The van der Waals surface area contributed by atoms with E-state index in [2.05, 4.69) is 29.2 Å². The van der Waals surface area contributed by atoms with Crippen LogP contribution in [0.1, 0.15) is 50.0 Å². The molecule has 0 spiro atoms. The van der Waals surface area contributed by atoms with Gasteiger partial charge in [-0.2, -0.15) is 0 Å². The van der Waals surface area contributed by atoms with Crippen LogP contribution in [0.3, 0.4) is 0 Å². The predicted molar refractivity (Wildman–Crippen MR) is 104 cm³/mol. The van der Waals surface area contributed by atoms with Crippen LogP contribution < -0.4 is 0 Å². The third kappa shape index (κ3) is 5.86. The summed E-state index contributed by atoms with van der Waals surface area (Å²) in [5, 5.41) is 0. The summed E-state index contributed by atoms with van der Waals surface area (Å²) in [6.07, 6.45) is 11.3. The molecule has 0 amide bonds. The maximum Gasteiger partial charge on any atom is 0.314 e. The van der Waals surface area contributed by atoms with Gasteiger partial charge in [-0.05, 0) is 63.1 Å². The Morgan fingerprint density at radius 2 is 1.92 bits per heavy atom. The van der Waals surface area contributed by atoms with E-state index in [0.717, 1.165) is 37.8 Å². The Bertz CT molecular complexity index is 540. The molecule has 1 heterocycles. The first-order chi connectivity index (χ1) is 11.8. The van der Waals surface area contributed by atoms with E-state index in [-0.39, 0.29) is 30.2 Å². The molecule has 1 fully saturated rings. The number of halogens is 1. The summed E-state index contributed by atoms with van der Waals surface area (Å²) in [6, 6.07) is 10.1. The fraction of sp³-hybridized carbons (Fsp3) is 0.571. The van der Waals surface area contributed by atoms with Crippen molar-refractivity contribution in [1.29, 1.82) is 0 Å². The Balaban J connectivity index is 0.00000225. The molecule has 0 aromatic heterocycles. The minimum Gasteiger partial charge on any atom is -0.465 e. The van der Waals surface area contributed by atoms with Crippen molar-refractivity contribution in [2.24, 2.45) is 5.92 Å². The lowest BCUT2D eigenvalue weighted by molar-refractivity contribution is -0.146. The molecule has 2 aliphatic rings. The number of nitrogens with zero attached hydrogens (tertiary/aromatic N) is 1. The summed E-state index contributed by atoms with van der Waals surface area (Å²) in [5.74, 6) is 0.0564. The highest BCUT2D eigenvalue weighted by Crippen LogP contribution is 2.33. The fourth-order valence-electron chi connectivity index (χ4n) is 3.89. The van der Waals surface area contributed by atoms with Crippen molar-refractivity contribution < 1.29 is 9.53 Å². The fourth-order valence-corrected chi connectivity index (χ4v) is 3.89. The van der Waals surface area contributed by atoms with Gasteiger partial charge in [0.15, 0.2) is 0 Å². The zero-order valence-electron chi connectivity index (χ0n) is 14.9. The topological polar surface area (TPSA) is 29.5 Å². The molecule has 1 saturated heterocycles. The predicted octanol–water partition coefficient (Wildman–Crippen LogP) is 4.58. The van der Waals surface area contributed by atoms with Crippen molar-refractivity contribution in [3.63, 3.8) is 0 Å². The molecule has 2 atom stereocenters. The van der Waals surface area contributed by atoms with Crippen LogP contribution in [0, 0.1) is 5.92 Å². The lowest BCUT2D eigenvalue weighted by Crippen LogP contribution is -2.26. The average molecular weight is 364 g/mol. The van der Waals surface area contributed by atoms with Gasteiger partial charge in [0, 0.05) is 6.54 Å². The van der Waals surface area contributed by atoms with Gasteiger partial charge in [-0.3, -0.25) is 4.79 Å². The van der Waals surface area contributed by atoms with Crippen molar-refractivity contribution in [3.05, 3.63) is 48.0 Å². The number of hydrogen-bond donors (Lipinski definition) is 0. The number of likely N-dealkylation sites (tertiary alicyclic amines) is 1. The number of ether oxygens (including phenoxy) is 1. The van der Waals surface area contributed by atoms with Crippen molar-refractivity contribution in [3.8, 4) is 0 Å². The Kier molecular flexibility index (Phi) is 8.50. The molecule has 1 aliphatic heterocycles. The summed E-state index contributed by atoms with van der Waals surface area (Å²) < 4.78 is 5.67. The van der Waals surface area contributed by atoms with E-state index in [1.54, 1.807) is 0 Å². The molecule has 2 unspecified atom stereocenters. The highest BCUT2D eigenvalue weighted by molar-refractivity contribution is 5.85. The standard InChI is InChI=1S/C21H29NO2.ClH/c23-21(24-17-9-16-22-14-7-8-15-22)20(18-10-3-1-4-11-18)19-12-5-2-6-13-19;/h1,3-5,10-12,19-20H,2,6-9,13-17H2;1H. The van der Waals surface area contributed by atoms with Gasteiger partial charge >= 0.3 is 5.97 Å². The maximum absolute atomic E-state index is 12.8. The third-order valence-electron chi connectivity index (χ3n) is 5.19. The van der Waals surface area contributed by atoms with E-state index < -0.39 is 0 Å². The average Bonchev–Trinajstić information content (AvgIpc) is 3.14. The minimum absolute atomic E-state index is 0. The molecular weight excluding hydrogens is 334 g/mol. The summed E-state index contributed by atoms with van der Waals surface area (Å²) >= 11 is 0. The second-order valence-corrected chi connectivity index (χ2v) is 6.98. The van der Waals surface area contributed by atoms with Gasteiger partial charge < -0.3 is 9.64 Å². The van der Waals surface area contributed by atoms with E-state index in [1.165, 1.54) is 25.9 Å². The molecule has 3 nitrogen and oxygen atoms in total. The van der Waals surface area contributed by atoms with Crippen molar-refractivity contribution in [2.45, 2.75) is 44.4 Å². The first-order valence-electron chi connectivity index (χ1n) is 9.45. The molecular formula is C21H30ClNO2. The molecule has 1 aliphatic carbocycles. The van der Waals surface area contributed by atoms with Crippen LogP contribution in [0.15, 0.2) is 42.5 Å². The van der Waals surface area contributed by atoms with Gasteiger partial charge in [0.05, 0.1) is 12.5 Å². The Morgan fingerprint density at radius 1 is 1.16 bits per heavy atom. The van der Waals surface area contributed by atoms with Crippen LogP contribution in [0.5, 0.6) is 0 Å². The number of carbonyl (C=O) groups is 1.